The Morgan fingerprint density at radius 1 is 1.35 bits per heavy atom. The molecule has 2 heterocycles. The number of aliphatic hydroxyl groups is 1. The molecule has 0 radical (unpaired) electrons. The third kappa shape index (κ3) is 2.59. The molecule has 0 aliphatic carbocycles. The van der Waals surface area contributed by atoms with Crippen molar-refractivity contribution in [1.29, 1.82) is 0 Å². The van der Waals surface area contributed by atoms with Crippen LogP contribution in [-0.2, 0) is 4.74 Å². The van der Waals surface area contributed by atoms with E-state index in [-0.39, 0.29) is 0 Å². The number of aliphatic hydroxyl groups excluding tert-OH is 1. The van der Waals surface area contributed by atoms with Crippen LogP contribution in [0.1, 0.15) is 10.4 Å². The average molecular weight is 287 g/mol. The fourth-order valence-corrected chi connectivity index (χ4v) is 2.54. The molecular weight excluding hydrogens is 274 g/mol. The largest absolute Gasteiger partial charge is 0.497 e. The Labute approximate surface area is 120 Å². The Balaban J connectivity index is 1.91. The molecule has 102 valence electrons. The first-order valence-electron chi connectivity index (χ1n) is 6.09. The zero-order valence-corrected chi connectivity index (χ0v) is 11.6. The minimum absolute atomic E-state index is 0.402. The summed E-state index contributed by atoms with van der Waals surface area (Å²) in [4.78, 5) is 5.37. The molecule has 1 N–H and O–H groups in total. The summed E-state index contributed by atoms with van der Waals surface area (Å²) in [6.07, 6.45) is 0.793. The Bertz CT molecular complexity index is 662. The highest BCUT2D eigenvalue weighted by molar-refractivity contribution is 7.10. The molecule has 0 spiro atoms. The van der Waals surface area contributed by atoms with Gasteiger partial charge >= 0.3 is 0 Å². The van der Waals surface area contributed by atoms with E-state index in [4.69, 9.17) is 9.47 Å². The molecule has 0 saturated carbocycles. The van der Waals surface area contributed by atoms with E-state index in [9.17, 15) is 5.11 Å². The maximum absolute atomic E-state index is 9.91. The first-order chi connectivity index (χ1) is 9.76. The minimum atomic E-state index is -1.03. The van der Waals surface area contributed by atoms with Gasteiger partial charge in [-0.3, -0.25) is 0 Å². The average Bonchev–Trinajstić information content (AvgIpc) is 3.10. The maximum Gasteiger partial charge on any atom is 0.243 e. The minimum Gasteiger partial charge on any atom is -0.497 e. The molecule has 0 saturated heterocycles. The number of aliphatic imine (C=N–C) groups is 1. The van der Waals surface area contributed by atoms with E-state index < -0.39 is 6.29 Å². The van der Waals surface area contributed by atoms with Crippen molar-refractivity contribution in [3.63, 3.8) is 0 Å². The molecule has 20 heavy (non-hydrogen) atoms. The summed E-state index contributed by atoms with van der Waals surface area (Å²) in [5.41, 5.74) is 1.28. The predicted molar refractivity (Wildman–Crippen MR) is 78.9 cm³/mol. The zero-order valence-electron chi connectivity index (χ0n) is 10.8. The van der Waals surface area contributed by atoms with Crippen molar-refractivity contribution in [2.45, 2.75) is 6.29 Å². The van der Waals surface area contributed by atoms with E-state index in [1.165, 1.54) is 0 Å². The van der Waals surface area contributed by atoms with Crippen molar-refractivity contribution in [2.75, 3.05) is 7.11 Å². The van der Waals surface area contributed by atoms with Gasteiger partial charge < -0.3 is 14.6 Å². The van der Waals surface area contributed by atoms with Gasteiger partial charge in [0.25, 0.3) is 0 Å². The highest BCUT2D eigenvalue weighted by atomic mass is 32.1. The Hall–Kier alpha value is -2.11. The number of thiophene rings is 1. The van der Waals surface area contributed by atoms with Crippen molar-refractivity contribution >= 4 is 23.3 Å². The van der Waals surface area contributed by atoms with Crippen molar-refractivity contribution in [3.05, 3.63) is 57.9 Å². The quantitative estimate of drug-likeness (QED) is 0.944. The SMILES string of the molecule is COc1cccc(C2=N/C(=C/c3cccs3)C(O)O2)c1. The maximum atomic E-state index is 9.91. The van der Waals surface area contributed by atoms with Crippen molar-refractivity contribution < 1.29 is 14.6 Å². The van der Waals surface area contributed by atoms with Crippen molar-refractivity contribution in [3.8, 4) is 5.75 Å². The van der Waals surface area contributed by atoms with Gasteiger partial charge in [-0.15, -0.1) is 11.3 Å². The summed E-state index contributed by atoms with van der Waals surface area (Å²) < 4.78 is 10.6. The van der Waals surface area contributed by atoms with Gasteiger partial charge in [0.15, 0.2) is 0 Å². The lowest BCUT2D eigenvalue weighted by atomic mass is 10.2. The van der Waals surface area contributed by atoms with Crippen LogP contribution in [-0.4, -0.2) is 24.4 Å². The number of rotatable bonds is 3. The van der Waals surface area contributed by atoms with Crippen LogP contribution in [0.15, 0.2) is 52.5 Å². The fourth-order valence-electron chi connectivity index (χ4n) is 1.88. The molecule has 4 nitrogen and oxygen atoms in total. The second kappa shape index (κ2) is 5.48. The van der Waals surface area contributed by atoms with Crippen LogP contribution in [0.25, 0.3) is 6.08 Å². The Morgan fingerprint density at radius 2 is 2.25 bits per heavy atom. The first-order valence-corrected chi connectivity index (χ1v) is 6.97. The third-order valence-corrected chi connectivity index (χ3v) is 3.68. The van der Waals surface area contributed by atoms with Crippen LogP contribution >= 0.6 is 11.3 Å². The lowest BCUT2D eigenvalue weighted by Gasteiger charge is -2.06. The molecule has 1 unspecified atom stereocenters. The Morgan fingerprint density at radius 3 is 3.00 bits per heavy atom. The fraction of sp³-hybridized carbons (Fsp3) is 0.133. The lowest BCUT2D eigenvalue weighted by molar-refractivity contribution is 0.0178. The van der Waals surface area contributed by atoms with Gasteiger partial charge in [0, 0.05) is 10.4 Å². The van der Waals surface area contributed by atoms with Crippen LogP contribution in [0.3, 0.4) is 0 Å². The second-order valence-corrected chi connectivity index (χ2v) is 5.18. The van der Waals surface area contributed by atoms with E-state index in [1.54, 1.807) is 18.4 Å². The van der Waals surface area contributed by atoms with Crippen LogP contribution in [0, 0.1) is 0 Å². The normalized spacial score (nSPS) is 19.8. The highest BCUT2D eigenvalue weighted by Crippen LogP contribution is 2.25. The topological polar surface area (TPSA) is 51.0 Å². The van der Waals surface area contributed by atoms with Gasteiger partial charge in [0.1, 0.15) is 11.4 Å². The van der Waals surface area contributed by atoms with E-state index in [1.807, 2.05) is 47.9 Å². The molecule has 0 amide bonds. The number of hydrogen-bond donors (Lipinski definition) is 1. The van der Waals surface area contributed by atoms with Crippen LogP contribution in [0.2, 0.25) is 0 Å². The van der Waals surface area contributed by atoms with E-state index in [2.05, 4.69) is 4.99 Å². The Kier molecular flexibility index (Phi) is 3.54. The number of ether oxygens (including phenoxy) is 2. The monoisotopic (exact) mass is 287 g/mol. The van der Waals surface area contributed by atoms with Gasteiger partial charge in [-0.1, -0.05) is 12.1 Å². The van der Waals surface area contributed by atoms with Gasteiger partial charge in [0.2, 0.25) is 12.2 Å². The lowest BCUT2D eigenvalue weighted by Crippen LogP contribution is -2.11. The first kappa shape index (κ1) is 12.9. The standard InChI is InChI=1S/C15H13NO3S/c1-18-11-5-2-4-10(8-11)14-16-13(15(17)19-14)9-12-6-3-7-20-12/h2-9,15,17H,1H3/b13-9+. The van der Waals surface area contributed by atoms with Gasteiger partial charge in [0.05, 0.1) is 7.11 Å². The van der Waals surface area contributed by atoms with Gasteiger partial charge in [-0.2, -0.15) is 0 Å². The van der Waals surface area contributed by atoms with Crippen LogP contribution in [0.4, 0.5) is 0 Å². The van der Waals surface area contributed by atoms with E-state index in [0.29, 0.717) is 11.6 Å². The number of benzene rings is 1. The predicted octanol–water partition coefficient (Wildman–Crippen LogP) is 2.89. The van der Waals surface area contributed by atoms with Crippen molar-refractivity contribution in [1.82, 2.24) is 0 Å². The van der Waals surface area contributed by atoms with E-state index in [0.717, 1.165) is 16.2 Å². The molecule has 1 aromatic heterocycles. The molecule has 0 fully saturated rings. The summed E-state index contributed by atoms with van der Waals surface area (Å²) in [6, 6.07) is 11.3. The van der Waals surface area contributed by atoms with E-state index >= 15 is 0 Å². The molecule has 2 aromatic rings. The zero-order chi connectivity index (χ0) is 13.9. The van der Waals surface area contributed by atoms with Gasteiger partial charge in [-0.05, 0) is 35.7 Å². The summed E-state index contributed by atoms with van der Waals surface area (Å²) in [7, 11) is 1.60. The van der Waals surface area contributed by atoms with Crippen molar-refractivity contribution in [2.24, 2.45) is 4.99 Å². The van der Waals surface area contributed by atoms with Crippen LogP contribution in [0.5, 0.6) is 5.75 Å². The number of methoxy groups -OCH3 is 1. The number of hydrogen-bond acceptors (Lipinski definition) is 5. The summed E-state index contributed by atoms with van der Waals surface area (Å²) in [5.74, 6) is 1.12. The molecular formula is C15H13NO3S. The van der Waals surface area contributed by atoms with Gasteiger partial charge in [-0.25, -0.2) is 4.99 Å². The molecule has 1 aliphatic rings. The third-order valence-electron chi connectivity index (χ3n) is 2.86. The highest BCUT2D eigenvalue weighted by Gasteiger charge is 2.24. The summed E-state index contributed by atoms with van der Waals surface area (Å²) in [6.45, 7) is 0. The smallest absolute Gasteiger partial charge is 0.243 e. The second-order valence-electron chi connectivity index (χ2n) is 4.20. The molecule has 1 aliphatic heterocycles. The summed E-state index contributed by atoms with van der Waals surface area (Å²) in [5, 5.41) is 11.9. The number of nitrogens with zero attached hydrogens (tertiary/aromatic N) is 1. The molecule has 5 heteroatoms. The summed E-state index contributed by atoms with van der Waals surface area (Å²) >= 11 is 1.58. The molecule has 0 bridgehead atoms. The molecule has 3 rings (SSSR count). The van der Waals surface area contributed by atoms with Crippen LogP contribution < -0.4 is 4.74 Å². The molecule has 1 aromatic carbocycles. The molecule has 1 atom stereocenters.